The highest BCUT2D eigenvalue weighted by atomic mass is 79.9. The van der Waals surface area contributed by atoms with Crippen molar-refractivity contribution in [1.29, 1.82) is 0 Å². The van der Waals surface area contributed by atoms with Gasteiger partial charge in [-0.25, -0.2) is 0 Å². The topological polar surface area (TPSA) is 18.5 Å². The van der Waals surface area contributed by atoms with Crippen LogP contribution in [0.15, 0.2) is 22.7 Å². The van der Waals surface area contributed by atoms with Crippen LogP contribution in [0.4, 0.5) is 0 Å². The van der Waals surface area contributed by atoms with E-state index < -0.39 is 0 Å². The lowest BCUT2D eigenvalue weighted by Crippen LogP contribution is -1.95. The van der Waals surface area contributed by atoms with Gasteiger partial charge in [0.1, 0.15) is 5.75 Å². The summed E-state index contributed by atoms with van der Waals surface area (Å²) in [5, 5.41) is 0. The molecule has 0 aliphatic rings. The van der Waals surface area contributed by atoms with Crippen LogP contribution < -0.4 is 4.74 Å². The number of methoxy groups -OCH3 is 2. The van der Waals surface area contributed by atoms with Crippen LogP contribution in [-0.4, -0.2) is 20.8 Å². The van der Waals surface area contributed by atoms with Gasteiger partial charge in [-0.2, -0.15) is 0 Å². The van der Waals surface area contributed by atoms with Gasteiger partial charge in [-0.15, -0.1) is 0 Å². The Morgan fingerprint density at radius 1 is 1.31 bits per heavy atom. The number of hydrogen-bond acceptors (Lipinski definition) is 2. The molecule has 1 aromatic rings. The minimum atomic E-state index is 0.741. The zero-order chi connectivity index (χ0) is 9.68. The van der Waals surface area contributed by atoms with Crippen molar-refractivity contribution in [3.8, 4) is 5.75 Å². The zero-order valence-electron chi connectivity index (χ0n) is 7.84. The van der Waals surface area contributed by atoms with Crippen LogP contribution in [0.2, 0.25) is 0 Å². The minimum absolute atomic E-state index is 0.741. The number of rotatable bonds is 4. The second-order valence-corrected chi connectivity index (χ2v) is 3.55. The fraction of sp³-hybridized carbons (Fsp3) is 0.400. The van der Waals surface area contributed by atoms with Crippen molar-refractivity contribution in [1.82, 2.24) is 0 Å². The van der Waals surface area contributed by atoms with E-state index in [1.54, 1.807) is 14.2 Å². The lowest BCUT2D eigenvalue weighted by molar-refractivity contribution is 0.202. The first-order chi connectivity index (χ1) is 6.27. The monoisotopic (exact) mass is 244 g/mol. The first-order valence-corrected chi connectivity index (χ1v) is 4.88. The van der Waals surface area contributed by atoms with E-state index in [2.05, 4.69) is 15.9 Å². The van der Waals surface area contributed by atoms with Gasteiger partial charge in [-0.3, -0.25) is 0 Å². The number of hydrogen-bond donors (Lipinski definition) is 0. The maximum Gasteiger partial charge on any atom is 0.120 e. The SMILES string of the molecule is COCCc1ccc(OC)cc1Br. The molecule has 1 rings (SSSR count). The predicted octanol–water partition coefficient (Wildman–Crippen LogP) is 2.65. The molecule has 0 radical (unpaired) electrons. The normalized spacial score (nSPS) is 10.1. The Bertz CT molecular complexity index is 274. The molecule has 72 valence electrons. The van der Waals surface area contributed by atoms with E-state index in [0.717, 1.165) is 23.2 Å². The average molecular weight is 245 g/mol. The van der Waals surface area contributed by atoms with Crippen LogP contribution in [0, 0.1) is 0 Å². The van der Waals surface area contributed by atoms with E-state index in [4.69, 9.17) is 9.47 Å². The highest BCUT2D eigenvalue weighted by Crippen LogP contribution is 2.23. The lowest BCUT2D eigenvalue weighted by Gasteiger charge is -2.05. The molecule has 0 aliphatic heterocycles. The first-order valence-electron chi connectivity index (χ1n) is 4.09. The lowest BCUT2D eigenvalue weighted by atomic mass is 10.1. The molecule has 2 nitrogen and oxygen atoms in total. The van der Waals surface area contributed by atoms with Gasteiger partial charge >= 0.3 is 0 Å². The van der Waals surface area contributed by atoms with E-state index in [0.29, 0.717) is 0 Å². The van der Waals surface area contributed by atoms with Crippen LogP contribution >= 0.6 is 15.9 Å². The molecule has 0 atom stereocenters. The van der Waals surface area contributed by atoms with E-state index in [1.807, 2.05) is 18.2 Å². The van der Waals surface area contributed by atoms with Gasteiger partial charge in [-0.1, -0.05) is 22.0 Å². The van der Waals surface area contributed by atoms with E-state index in [-0.39, 0.29) is 0 Å². The molecule has 1 aromatic carbocycles. The quantitative estimate of drug-likeness (QED) is 0.811. The summed E-state index contributed by atoms with van der Waals surface area (Å²) in [4.78, 5) is 0. The van der Waals surface area contributed by atoms with Gasteiger partial charge in [0.2, 0.25) is 0 Å². The molecule has 0 aromatic heterocycles. The summed E-state index contributed by atoms with van der Waals surface area (Å²) in [5.74, 6) is 0.869. The molecule has 0 spiro atoms. The van der Waals surface area contributed by atoms with Gasteiger partial charge in [-0.05, 0) is 24.1 Å². The summed E-state index contributed by atoms with van der Waals surface area (Å²) in [6.45, 7) is 0.741. The summed E-state index contributed by atoms with van der Waals surface area (Å²) in [6, 6.07) is 5.96. The third kappa shape index (κ3) is 3.01. The van der Waals surface area contributed by atoms with Gasteiger partial charge in [0.15, 0.2) is 0 Å². The van der Waals surface area contributed by atoms with E-state index >= 15 is 0 Å². The third-order valence-corrected chi connectivity index (χ3v) is 2.57. The Morgan fingerprint density at radius 2 is 2.08 bits per heavy atom. The maximum atomic E-state index is 5.09. The predicted molar refractivity (Wildman–Crippen MR) is 56.3 cm³/mol. The van der Waals surface area contributed by atoms with Crippen molar-refractivity contribution >= 4 is 15.9 Å². The Morgan fingerprint density at radius 3 is 2.62 bits per heavy atom. The zero-order valence-corrected chi connectivity index (χ0v) is 9.43. The van der Waals surface area contributed by atoms with Crippen LogP contribution in [-0.2, 0) is 11.2 Å². The molecule has 0 bridgehead atoms. The second kappa shape index (κ2) is 5.25. The minimum Gasteiger partial charge on any atom is -0.497 e. The van der Waals surface area contributed by atoms with Crippen molar-refractivity contribution in [2.24, 2.45) is 0 Å². The summed E-state index contributed by atoms with van der Waals surface area (Å²) < 4.78 is 11.2. The maximum absolute atomic E-state index is 5.09. The molecule has 0 heterocycles. The van der Waals surface area contributed by atoms with Crippen molar-refractivity contribution in [2.75, 3.05) is 20.8 Å². The molecule has 0 saturated carbocycles. The molecule has 0 fully saturated rings. The van der Waals surface area contributed by atoms with Crippen LogP contribution in [0.25, 0.3) is 0 Å². The van der Waals surface area contributed by atoms with Gasteiger partial charge in [0.05, 0.1) is 13.7 Å². The Labute approximate surface area is 87.0 Å². The molecule has 0 aliphatic carbocycles. The van der Waals surface area contributed by atoms with Crippen molar-refractivity contribution < 1.29 is 9.47 Å². The van der Waals surface area contributed by atoms with Crippen molar-refractivity contribution in [3.05, 3.63) is 28.2 Å². The fourth-order valence-corrected chi connectivity index (χ4v) is 1.63. The van der Waals surface area contributed by atoms with Crippen molar-refractivity contribution in [2.45, 2.75) is 6.42 Å². The Balaban J connectivity index is 2.73. The van der Waals surface area contributed by atoms with Crippen LogP contribution in [0.3, 0.4) is 0 Å². The molecule has 0 N–H and O–H groups in total. The molecule has 0 amide bonds. The number of halogens is 1. The van der Waals surface area contributed by atoms with Gasteiger partial charge in [0, 0.05) is 11.6 Å². The van der Waals surface area contributed by atoms with E-state index in [1.165, 1.54) is 5.56 Å². The summed E-state index contributed by atoms with van der Waals surface area (Å²) in [7, 11) is 3.37. The molecule has 0 saturated heterocycles. The standard InChI is InChI=1S/C10H13BrO2/c1-12-6-5-8-3-4-9(13-2)7-10(8)11/h3-4,7H,5-6H2,1-2H3. The highest BCUT2D eigenvalue weighted by Gasteiger charge is 2.00. The van der Waals surface area contributed by atoms with Crippen molar-refractivity contribution in [3.63, 3.8) is 0 Å². The highest BCUT2D eigenvalue weighted by molar-refractivity contribution is 9.10. The molecule has 13 heavy (non-hydrogen) atoms. The van der Waals surface area contributed by atoms with Gasteiger partial charge < -0.3 is 9.47 Å². The van der Waals surface area contributed by atoms with E-state index in [9.17, 15) is 0 Å². The fourth-order valence-electron chi connectivity index (χ4n) is 1.07. The Hall–Kier alpha value is -0.540. The average Bonchev–Trinajstić information content (AvgIpc) is 2.16. The molecule has 0 unspecified atom stereocenters. The Kier molecular flexibility index (Phi) is 4.25. The third-order valence-electron chi connectivity index (χ3n) is 1.84. The number of ether oxygens (including phenoxy) is 2. The second-order valence-electron chi connectivity index (χ2n) is 2.70. The molecule has 3 heteroatoms. The summed E-state index contributed by atoms with van der Waals surface area (Å²) >= 11 is 3.48. The van der Waals surface area contributed by atoms with Gasteiger partial charge in [0.25, 0.3) is 0 Å². The largest absolute Gasteiger partial charge is 0.497 e. The molecular formula is C10H13BrO2. The first kappa shape index (κ1) is 10.5. The number of benzene rings is 1. The van der Waals surface area contributed by atoms with Crippen LogP contribution in [0.5, 0.6) is 5.75 Å². The van der Waals surface area contributed by atoms with Crippen LogP contribution in [0.1, 0.15) is 5.56 Å². The molecular weight excluding hydrogens is 232 g/mol. The smallest absolute Gasteiger partial charge is 0.120 e. The summed E-state index contributed by atoms with van der Waals surface area (Å²) in [5.41, 5.74) is 1.24. The summed E-state index contributed by atoms with van der Waals surface area (Å²) in [6.07, 6.45) is 0.918.